The topological polar surface area (TPSA) is 46.6 Å². The lowest BCUT2D eigenvalue weighted by Crippen LogP contribution is -2.49. The molecular weight excluding hydrogens is 513 g/mol. The van der Waals surface area contributed by atoms with Gasteiger partial charge in [0.1, 0.15) is 0 Å². The third-order valence-corrected chi connectivity index (χ3v) is 7.58. The zero-order valence-corrected chi connectivity index (χ0v) is 22.4. The predicted octanol–water partition coefficient (Wildman–Crippen LogP) is 6.44. The molecule has 2 aliphatic rings. The van der Waals surface area contributed by atoms with Crippen molar-refractivity contribution in [1.82, 2.24) is 4.90 Å². The van der Waals surface area contributed by atoms with Crippen LogP contribution in [0.5, 0.6) is 0 Å². The van der Waals surface area contributed by atoms with Crippen LogP contribution in [-0.2, 0) is 11.2 Å². The second kappa shape index (κ2) is 11.6. The van der Waals surface area contributed by atoms with Gasteiger partial charge in [0.2, 0.25) is 0 Å². The number of unbranched alkanes of at least 4 members (excludes halogenated alkanes) is 2. The van der Waals surface area contributed by atoms with Crippen molar-refractivity contribution >= 4 is 35.2 Å². The Morgan fingerprint density at radius 3 is 2.53 bits per heavy atom. The number of halogens is 1. The molecule has 2 heterocycles. The number of piperidine rings is 1. The van der Waals surface area contributed by atoms with Gasteiger partial charge >= 0.3 is 0 Å². The molecule has 0 spiro atoms. The van der Waals surface area contributed by atoms with Crippen LogP contribution in [0.2, 0.25) is 0 Å². The van der Waals surface area contributed by atoms with Gasteiger partial charge < -0.3 is 4.74 Å². The van der Waals surface area contributed by atoms with E-state index in [4.69, 9.17) is 4.74 Å². The molecule has 0 radical (unpaired) electrons. The number of carbonyl (C=O) groups excluding carboxylic acids is 2. The van der Waals surface area contributed by atoms with Crippen LogP contribution in [0, 0.1) is 11.8 Å². The first-order valence-electron chi connectivity index (χ1n) is 12.3. The minimum atomic E-state index is 0.260. The highest BCUT2D eigenvalue weighted by atomic mass is 127. The van der Waals surface area contributed by atoms with Crippen LogP contribution in [0.4, 0.5) is 0 Å². The Balaban J connectivity index is 1.68. The Hall–Kier alpha value is -0.790. The van der Waals surface area contributed by atoms with E-state index in [0.29, 0.717) is 26.4 Å². The van der Waals surface area contributed by atoms with Gasteiger partial charge in [0.05, 0.1) is 6.10 Å². The molecule has 0 aliphatic carbocycles. The number of nitrogens with zero attached hydrogens (tertiary/aromatic N) is 1. The minimum Gasteiger partial charge on any atom is -0.378 e. The molecule has 1 aromatic carbocycles. The van der Waals surface area contributed by atoms with Crippen molar-refractivity contribution in [2.45, 2.75) is 88.2 Å². The molecule has 1 fully saturated rings. The summed E-state index contributed by atoms with van der Waals surface area (Å²) in [5.41, 5.74) is 3.48. The SMILES string of the molecule is CC(C)C[C@@H]1CN2CCc3cc(C=O)c(C=O)cc3[C@H]2C[C@H]1OCCCCCC(C)(C)I. The van der Waals surface area contributed by atoms with Crippen molar-refractivity contribution in [2.24, 2.45) is 11.8 Å². The maximum Gasteiger partial charge on any atom is 0.150 e. The van der Waals surface area contributed by atoms with E-state index in [1.54, 1.807) is 0 Å². The smallest absolute Gasteiger partial charge is 0.150 e. The van der Waals surface area contributed by atoms with Crippen LogP contribution >= 0.6 is 22.6 Å². The molecule has 1 saturated heterocycles. The Bertz CT molecular complexity index is 786. The first-order valence-corrected chi connectivity index (χ1v) is 13.4. The lowest BCUT2D eigenvalue weighted by molar-refractivity contribution is -0.0647. The Morgan fingerprint density at radius 2 is 1.88 bits per heavy atom. The standard InChI is InChI=1S/C27H40INO3/c1-19(2)12-21-16-29-10-8-20-13-22(17-30)23(18-31)14-24(20)25(29)15-26(21)32-11-7-5-6-9-27(3,4)28/h13-14,17-19,21,25-26H,5-12,15-16H2,1-4H3/t21-,25-,26-/m1/s1. The molecule has 0 N–H and O–H groups in total. The average Bonchev–Trinajstić information content (AvgIpc) is 2.74. The zero-order chi connectivity index (χ0) is 23.3. The first-order chi connectivity index (χ1) is 15.2. The van der Waals surface area contributed by atoms with Crippen LogP contribution in [0.3, 0.4) is 0 Å². The summed E-state index contributed by atoms with van der Waals surface area (Å²) in [6, 6.07) is 4.19. The summed E-state index contributed by atoms with van der Waals surface area (Å²) >= 11 is 2.54. The van der Waals surface area contributed by atoms with Crippen LogP contribution in [-0.4, -0.2) is 46.7 Å². The van der Waals surface area contributed by atoms with Crippen molar-refractivity contribution in [3.8, 4) is 0 Å². The summed E-state index contributed by atoms with van der Waals surface area (Å²) in [6.07, 6.45) is 9.86. The van der Waals surface area contributed by atoms with E-state index < -0.39 is 0 Å². The van der Waals surface area contributed by atoms with Crippen LogP contribution in [0.25, 0.3) is 0 Å². The van der Waals surface area contributed by atoms with Crippen molar-refractivity contribution in [3.05, 3.63) is 34.4 Å². The van der Waals surface area contributed by atoms with Gasteiger partial charge in [0.25, 0.3) is 0 Å². The maximum absolute atomic E-state index is 11.6. The molecule has 178 valence electrons. The molecular formula is C27H40INO3. The number of ether oxygens (including phenoxy) is 1. The van der Waals surface area contributed by atoms with Gasteiger partial charge in [-0.05, 0) is 67.2 Å². The lowest BCUT2D eigenvalue weighted by atomic mass is 9.78. The van der Waals surface area contributed by atoms with E-state index in [1.165, 1.54) is 36.8 Å². The molecule has 0 amide bonds. The maximum atomic E-state index is 11.6. The minimum absolute atomic E-state index is 0.260. The quantitative estimate of drug-likeness (QED) is 0.137. The van der Waals surface area contributed by atoms with E-state index in [9.17, 15) is 9.59 Å². The number of carbonyl (C=O) groups is 2. The fourth-order valence-electron chi connectivity index (χ4n) is 5.47. The van der Waals surface area contributed by atoms with E-state index in [2.05, 4.69) is 55.2 Å². The number of rotatable bonds is 11. The lowest BCUT2D eigenvalue weighted by Gasteiger charge is -2.47. The van der Waals surface area contributed by atoms with Crippen molar-refractivity contribution in [3.63, 3.8) is 0 Å². The van der Waals surface area contributed by atoms with Gasteiger partial charge in [0, 0.05) is 40.3 Å². The summed E-state index contributed by atoms with van der Waals surface area (Å²) < 4.78 is 6.92. The fourth-order valence-corrected chi connectivity index (χ4v) is 5.85. The predicted molar refractivity (Wildman–Crippen MR) is 139 cm³/mol. The van der Waals surface area contributed by atoms with E-state index in [0.717, 1.165) is 51.5 Å². The second-order valence-electron chi connectivity index (χ2n) is 10.7. The average molecular weight is 554 g/mol. The Morgan fingerprint density at radius 1 is 1.16 bits per heavy atom. The number of benzene rings is 1. The van der Waals surface area contributed by atoms with Crippen molar-refractivity contribution in [1.29, 1.82) is 0 Å². The van der Waals surface area contributed by atoms with Gasteiger partial charge in [-0.15, -0.1) is 0 Å². The molecule has 3 rings (SSSR count). The first kappa shape index (κ1) is 25.8. The Kier molecular flexibility index (Phi) is 9.33. The summed E-state index contributed by atoms with van der Waals surface area (Å²) in [7, 11) is 0. The van der Waals surface area contributed by atoms with E-state index in [1.807, 2.05) is 12.1 Å². The largest absolute Gasteiger partial charge is 0.378 e. The van der Waals surface area contributed by atoms with Crippen LogP contribution < -0.4 is 0 Å². The molecule has 2 aliphatic heterocycles. The number of hydrogen-bond donors (Lipinski definition) is 0. The van der Waals surface area contributed by atoms with Crippen molar-refractivity contribution in [2.75, 3.05) is 19.7 Å². The second-order valence-corrected chi connectivity index (χ2v) is 13.7. The third kappa shape index (κ3) is 6.86. The number of fused-ring (bicyclic) bond motifs is 3. The van der Waals surface area contributed by atoms with Gasteiger partial charge in [-0.25, -0.2) is 0 Å². The summed E-state index contributed by atoms with van der Waals surface area (Å²) in [4.78, 5) is 25.6. The number of alkyl halides is 1. The monoisotopic (exact) mass is 553 g/mol. The van der Waals surface area contributed by atoms with Gasteiger partial charge in [-0.3, -0.25) is 14.5 Å². The highest BCUT2D eigenvalue weighted by Crippen LogP contribution is 2.41. The molecule has 0 aromatic heterocycles. The molecule has 3 atom stereocenters. The normalized spacial score (nSPS) is 23.6. The Labute approximate surface area is 208 Å². The zero-order valence-electron chi connectivity index (χ0n) is 20.2. The summed E-state index contributed by atoms with van der Waals surface area (Å²) in [5, 5.41) is 0. The van der Waals surface area contributed by atoms with Gasteiger partial charge in [-0.1, -0.05) is 63.1 Å². The van der Waals surface area contributed by atoms with E-state index in [-0.39, 0.29) is 12.1 Å². The molecule has 0 unspecified atom stereocenters. The molecule has 0 bridgehead atoms. The van der Waals surface area contributed by atoms with Crippen molar-refractivity contribution < 1.29 is 14.3 Å². The molecule has 32 heavy (non-hydrogen) atoms. The van der Waals surface area contributed by atoms with Crippen LogP contribution in [0.15, 0.2) is 12.1 Å². The number of hydrogen-bond acceptors (Lipinski definition) is 4. The summed E-state index contributed by atoms with van der Waals surface area (Å²) in [5.74, 6) is 1.21. The van der Waals surface area contributed by atoms with Gasteiger partial charge in [0.15, 0.2) is 12.6 Å². The molecule has 4 nitrogen and oxygen atoms in total. The highest BCUT2D eigenvalue weighted by Gasteiger charge is 2.39. The summed E-state index contributed by atoms with van der Waals surface area (Å²) in [6.45, 7) is 12.1. The van der Waals surface area contributed by atoms with Gasteiger partial charge in [-0.2, -0.15) is 0 Å². The number of aldehydes is 2. The molecule has 0 saturated carbocycles. The fraction of sp³-hybridized carbons (Fsp3) is 0.704. The van der Waals surface area contributed by atoms with E-state index >= 15 is 0 Å². The molecule has 5 heteroatoms. The van der Waals surface area contributed by atoms with Crippen LogP contribution in [0.1, 0.15) is 104 Å². The molecule has 1 aromatic rings. The highest BCUT2D eigenvalue weighted by molar-refractivity contribution is 14.1. The third-order valence-electron chi connectivity index (χ3n) is 7.04.